The lowest BCUT2D eigenvalue weighted by Gasteiger charge is -2.29. The highest BCUT2D eigenvalue weighted by Crippen LogP contribution is 2.20. The Hall–Kier alpha value is -0.800. The SMILES string of the molecule is Clc1ccncc1NC1CNC1. The highest BCUT2D eigenvalue weighted by molar-refractivity contribution is 6.33. The van der Waals surface area contributed by atoms with Gasteiger partial charge < -0.3 is 10.6 Å². The zero-order valence-corrected chi connectivity index (χ0v) is 7.30. The van der Waals surface area contributed by atoms with E-state index in [1.807, 2.05) is 0 Å². The van der Waals surface area contributed by atoms with E-state index in [0.717, 1.165) is 23.8 Å². The Labute approximate surface area is 76.1 Å². The number of halogens is 1. The number of rotatable bonds is 2. The molecule has 0 unspecified atom stereocenters. The van der Waals surface area contributed by atoms with Crippen molar-refractivity contribution >= 4 is 17.3 Å². The molecule has 64 valence electrons. The van der Waals surface area contributed by atoms with Crippen molar-refractivity contribution in [1.82, 2.24) is 10.3 Å². The molecule has 0 aromatic carbocycles. The van der Waals surface area contributed by atoms with Crippen molar-refractivity contribution < 1.29 is 0 Å². The van der Waals surface area contributed by atoms with E-state index >= 15 is 0 Å². The van der Waals surface area contributed by atoms with E-state index in [4.69, 9.17) is 11.6 Å². The number of aromatic nitrogens is 1. The third-order valence-electron chi connectivity index (χ3n) is 1.91. The molecule has 4 heteroatoms. The standard InChI is InChI=1S/C8H10ClN3/c9-7-1-2-10-5-8(7)12-6-3-11-4-6/h1-2,5-6,11-12H,3-4H2. The van der Waals surface area contributed by atoms with Gasteiger partial charge in [-0.2, -0.15) is 0 Å². The van der Waals surface area contributed by atoms with E-state index in [2.05, 4.69) is 15.6 Å². The average Bonchev–Trinajstić information content (AvgIpc) is 2.00. The van der Waals surface area contributed by atoms with E-state index in [1.165, 1.54) is 0 Å². The first-order valence-corrected chi connectivity index (χ1v) is 4.31. The van der Waals surface area contributed by atoms with E-state index in [-0.39, 0.29) is 0 Å². The van der Waals surface area contributed by atoms with E-state index in [1.54, 1.807) is 18.5 Å². The van der Waals surface area contributed by atoms with Crippen molar-refractivity contribution in [2.45, 2.75) is 6.04 Å². The predicted octanol–water partition coefficient (Wildman–Crippen LogP) is 1.12. The third kappa shape index (κ3) is 1.52. The second-order valence-electron chi connectivity index (χ2n) is 2.86. The minimum Gasteiger partial charge on any atom is -0.377 e. The minimum atomic E-state index is 0.506. The molecule has 0 saturated carbocycles. The smallest absolute Gasteiger partial charge is 0.0719 e. The van der Waals surface area contributed by atoms with Crippen LogP contribution in [-0.4, -0.2) is 24.1 Å². The number of anilines is 1. The lowest BCUT2D eigenvalue weighted by molar-refractivity contribution is 0.472. The zero-order valence-electron chi connectivity index (χ0n) is 6.55. The third-order valence-corrected chi connectivity index (χ3v) is 2.24. The van der Waals surface area contributed by atoms with Crippen LogP contribution >= 0.6 is 11.6 Å². The summed E-state index contributed by atoms with van der Waals surface area (Å²) in [7, 11) is 0. The van der Waals surface area contributed by atoms with Crippen LogP contribution in [0.25, 0.3) is 0 Å². The monoisotopic (exact) mass is 183 g/mol. The van der Waals surface area contributed by atoms with Gasteiger partial charge in [0.05, 0.1) is 22.9 Å². The molecular formula is C8H10ClN3. The van der Waals surface area contributed by atoms with Gasteiger partial charge in [-0.1, -0.05) is 11.6 Å². The van der Waals surface area contributed by atoms with Gasteiger partial charge >= 0.3 is 0 Å². The lowest BCUT2D eigenvalue weighted by atomic mass is 10.2. The maximum absolute atomic E-state index is 5.93. The Bertz CT molecular complexity index is 273. The highest BCUT2D eigenvalue weighted by Gasteiger charge is 2.16. The van der Waals surface area contributed by atoms with Crippen LogP contribution in [0.3, 0.4) is 0 Å². The first-order chi connectivity index (χ1) is 5.86. The molecule has 0 radical (unpaired) electrons. The molecule has 1 saturated heterocycles. The van der Waals surface area contributed by atoms with Gasteiger partial charge in [0.1, 0.15) is 0 Å². The first kappa shape index (κ1) is 7.83. The first-order valence-electron chi connectivity index (χ1n) is 3.93. The van der Waals surface area contributed by atoms with Gasteiger partial charge in [-0.15, -0.1) is 0 Å². The summed E-state index contributed by atoms with van der Waals surface area (Å²) in [4.78, 5) is 3.99. The Morgan fingerprint density at radius 1 is 1.58 bits per heavy atom. The summed E-state index contributed by atoms with van der Waals surface area (Å²) < 4.78 is 0. The largest absolute Gasteiger partial charge is 0.377 e. The number of pyridine rings is 1. The number of hydrogen-bond donors (Lipinski definition) is 2. The molecule has 1 fully saturated rings. The summed E-state index contributed by atoms with van der Waals surface area (Å²) >= 11 is 5.93. The highest BCUT2D eigenvalue weighted by atomic mass is 35.5. The van der Waals surface area contributed by atoms with Crippen LogP contribution in [0.4, 0.5) is 5.69 Å². The fourth-order valence-electron chi connectivity index (χ4n) is 1.09. The van der Waals surface area contributed by atoms with Gasteiger partial charge in [0.2, 0.25) is 0 Å². The second-order valence-corrected chi connectivity index (χ2v) is 3.26. The number of nitrogens with zero attached hydrogens (tertiary/aromatic N) is 1. The minimum absolute atomic E-state index is 0.506. The van der Waals surface area contributed by atoms with Gasteiger partial charge in [0.25, 0.3) is 0 Å². The molecule has 0 atom stereocenters. The van der Waals surface area contributed by atoms with E-state index < -0.39 is 0 Å². The second kappa shape index (κ2) is 3.29. The quantitative estimate of drug-likeness (QED) is 0.722. The lowest BCUT2D eigenvalue weighted by Crippen LogP contribution is -2.51. The summed E-state index contributed by atoms with van der Waals surface area (Å²) in [6.07, 6.45) is 3.44. The predicted molar refractivity (Wildman–Crippen MR) is 49.5 cm³/mol. The van der Waals surface area contributed by atoms with Crippen LogP contribution < -0.4 is 10.6 Å². The topological polar surface area (TPSA) is 37.0 Å². The van der Waals surface area contributed by atoms with Crippen LogP contribution in [0.5, 0.6) is 0 Å². The molecule has 12 heavy (non-hydrogen) atoms. The van der Waals surface area contributed by atoms with Gasteiger partial charge in [0.15, 0.2) is 0 Å². The number of hydrogen-bond acceptors (Lipinski definition) is 3. The molecular weight excluding hydrogens is 174 g/mol. The summed E-state index contributed by atoms with van der Waals surface area (Å²) in [6, 6.07) is 2.29. The summed E-state index contributed by atoms with van der Waals surface area (Å²) in [5.41, 5.74) is 0.922. The molecule has 0 bridgehead atoms. The molecule has 0 aliphatic carbocycles. The van der Waals surface area contributed by atoms with Gasteiger partial charge in [0, 0.05) is 19.3 Å². The van der Waals surface area contributed by atoms with Gasteiger partial charge in [-0.25, -0.2) is 0 Å². The van der Waals surface area contributed by atoms with Crippen molar-refractivity contribution in [2.75, 3.05) is 18.4 Å². The fraction of sp³-hybridized carbons (Fsp3) is 0.375. The van der Waals surface area contributed by atoms with Crippen LogP contribution in [0.15, 0.2) is 18.5 Å². The maximum Gasteiger partial charge on any atom is 0.0719 e. The summed E-state index contributed by atoms with van der Waals surface area (Å²) in [5, 5.41) is 7.20. The average molecular weight is 184 g/mol. The van der Waals surface area contributed by atoms with Gasteiger partial charge in [-0.3, -0.25) is 4.98 Å². The molecule has 1 aliphatic rings. The molecule has 2 N–H and O–H groups in total. The Kier molecular flexibility index (Phi) is 2.15. The van der Waals surface area contributed by atoms with Gasteiger partial charge in [-0.05, 0) is 6.07 Å². The maximum atomic E-state index is 5.93. The molecule has 1 aliphatic heterocycles. The molecule has 2 heterocycles. The Balaban J connectivity index is 2.06. The van der Waals surface area contributed by atoms with E-state index in [9.17, 15) is 0 Å². The summed E-state index contributed by atoms with van der Waals surface area (Å²) in [6.45, 7) is 2.01. The van der Waals surface area contributed by atoms with Crippen LogP contribution in [-0.2, 0) is 0 Å². The molecule has 0 amide bonds. The fourth-order valence-corrected chi connectivity index (χ4v) is 1.25. The molecule has 1 aromatic heterocycles. The molecule has 2 rings (SSSR count). The molecule has 0 spiro atoms. The van der Waals surface area contributed by atoms with Crippen molar-refractivity contribution in [3.8, 4) is 0 Å². The van der Waals surface area contributed by atoms with Crippen molar-refractivity contribution in [1.29, 1.82) is 0 Å². The molecule has 3 nitrogen and oxygen atoms in total. The van der Waals surface area contributed by atoms with Crippen LogP contribution in [0.1, 0.15) is 0 Å². The Morgan fingerprint density at radius 3 is 3.00 bits per heavy atom. The number of nitrogens with one attached hydrogen (secondary N) is 2. The van der Waals surface area contributed by atoms with Crippen molar-refractivity contribution in [3.63, 3.8) is 0 Å². The van der Waals surface area contributed by atoms with Crippen molar-refractivity contribution in [2.24, 2.45) is 0 Å². The normalized spacial score (nSPS) is 17.1. The van der Waals surface area contributed by atoms with Crippen molar-refractivity contribution in [3.05, 3.63) is 23.5 Å². The van der Waals surface area contributed by atoms with Crippen LogP contribution in [0.2, 0.25) is 5.02 Å². The zero-order chi connectivity index (χ0) is 8.39. The molecule has 1 aromatic rings. The Morgan fingerprint density at radius 2 is 2.42 bits per heavy atom. The van der Waals surface area contributed by atoms with Crippen LogP contribution in [0, 0.1) is 0 Å². The van der Waals surface area contributed by atoms with E-state index in [0.29, 0.717) is 6.04 Å². The summed E-state index contributed by atoms with van der Waals surface area (Å²) in [5.74, 6) is 0.